The van der Waals surface area contributed by atoms with Crippen molar-refractivity contribution in [1.82, 2.24) is 10.2 Å². The van der Waals surface area contributed by atoms with Gasteiger partial charge in [0.05, 0.1) is 6.04 Å². The van der Waals surface area contributed by atoms with Crippen LogP contribution in [0.1, 0.15) is 38.3 Å². The minimum atomic E-state index is -0.275. The molecule has 1 heterocycles. The van der Waals surface area contributed by atoms with Crippen LogP contribution in [0.15, 0.2) is 24.3 Å². The molecule has 2 unspecified atom stereocenters. The fourth-order valence-corrected chi connectivity index (χ4v) is 3.03. The van der Waals surface area contributed by atoms with Gasteiger partial charge in [-0.25, -0.2) is 0 Å². The predicted molar refractivity (Wildman–Crippen MR) is 89.1 cm³/mol. The van der Waals surface area contributed by atoms with Crippen LogP contribution in [0.4, 0.5) is 0 Å². The number of carbonyl (C=O) groups excluding carboxylic acids is 1. The van der Waals surface area contributed by atoms with Crippen LogP contribution in [-0.4, -0.2) is 43.2 Å². The molecule has 1 amide bonds. The van der Waals surface area contributed by atoms with E-state index in [9.17, 15) is 4.79 Å². The molecule has 0 spiro atoms. The standard InChI is InChI=1S/C17H25ClN2O2/c1-3-20(4-2)15(13-7-9-14(18)10-8-13)12-19-17(21)16-6-5-11-22-16/h7-10,15-16H,3-6,11-12H2,1-2H3,(H,19,21). The molecule has 5 heteroatoms. The number of likely N-dealkylation sites (N-methyl/N-ethyl adjacent to an activating group) is 1. The Bertz CT molecular complexity index is 468. The number of hydrogen-bond acceptors (Lipinski definition) is 3. The summed E-state index contributed by atoms with van der Waals surface area (Å²) in [4.78, 5) is 14.5. The number of nitrogens with one attached hydrogen (secondary N) is 1. The number of amides is 1. The highest BCUT2D eigenvalue weighted by Crippen LogP contribution is 2.22. The van der Waals surface area contributed by atoms with Gasteiger partial charge in [-0.1, -0.05) is 37.6 Å². The molecule has 22 heavy (non-hydrogen) atoms. The summed E-state index contributed by atoms with van der Waals surface area (Å²) in [7, 11) is 0. The van der Waals surface area contributed by atoms with Crippen molar-refractivity contribution in [2.24, 2.45) is 0 Å². The average Bonchev–Trinajstić information content (AvgIpc) is 3.07. The number of carbonyl (C=O) groups is 1. The maximum absolute atomic E-state index is 12.2. The van der Waals surface area contributed by atoms with Gasteiger partial charge in [0.1, 0.15) is 6.10 Å². The van der Waals surface area contributed by atoms with E-state index >= 15 is 0 Å². The molecule has 1 aromatic rings. The van der Waals surface area contributed by atoms with Gasteiger partial charge in [-0.3, -0.25) is 9.69 Å². The first-order chi connectivity index (χ1) is 10.7. The Morgan fingerprint density at radius 3 is 2.59 bits per heavy atom. The second-order valence-electron chi connectivity index (χ2n) is 5.54. The van der Waals surface area contributed by atoms with Crippen molar-refractivity contribution >= 4 is 17.5 Å². The normalized spacial score (nSPS) is 19.4. The SMILES string of the molecule is CCN(CC)C(CNC(=O)C1CCCO1)c1ccc(Cl)cc1. The lowest BCUT2D eigenvalue weighted by atomic mass is 10.0. The number of ether oxygens (including phenoxy) is 1. The van der Waals surface area contributed by atoms with E-state index in [4.69, 9.17) is 16.3 Å². The lowest BCUT2D eigenvalue weighted by molar-refractivity contribution is -0.130. The van der Waals surface area contributed by atoms with Gasteiger partial charge in [0.25, 0.3) is 0 Å². The number of nitrogens with zero attached hydrogens (tertiary/aromatic N) is 1. The van der Waals surface area contributed by atoms with E-state index in [0.717, 1.165) is 31.0 Å². The predicted octanol–water partition coefficient (Wildman–Crippen LogP) is 3.02. The molecule has 1 saturated heterocycles. The third-order valence-electron chi connectivity index (χ3n) is 4.20. The molecular formula is C17H25ClN2O2. The van der Waals surface area contributed by atoms with Crippen LogP contribution in [0, 0.1) is 0 Å². The largest absolute Gasteiger partial charge is 0.368 e. The zero-order valence-electron chi connectivity index (χ0n) is 13.3. The Hall–Kier alpha value is -1.10. The zero-order chi connectivity index (χ0) is 15.9. The van der Waals surface area contributed by atoms with Gasteiger partial charge in [-0.15, -0.1) is 0 Å². The smallest absolute Gasteiger partial charge is 0.249 e. The lowest BCUT2D eigenvalue weighted by Crippen LogP contribution is -2.41. The number of hydrogen-bond donors (Lipinski definition) is 1. The van der Waals surface area contributed by atoms with Gasteiger partial charge in [0.15, 0.2) is 0 Å². The minimum absolute atomic E-state index is 0.00335. The monoisotopic (exact) mass is 324 g/mol. The maximum Gasteiger partial charge on any atom is 0.249 e. The zero-order valence-corrected chi connectivity index (χ0v) is 14.1. The first-order valence-electron chi connectivity index (χ1n) is 8.04. The molecule has 122 valence electrons. The second-order valence-corrected chi connectivity index (χ2v) is 5.97. The lowest BCUT2D eigenvalue weighted by Gasteiger charge is -2.30. The fraction of sp³-hybridized carbons (Fsp3) is 0.588. The van der Waals surface area contributed by atoms with Crippen molar-refractivity contribution in [2.75, 3.05) is 26.2 Å². The first-order valence-corrected chi connectivity index (χ1v) is 8.42. The van der Waals surface area contributed by atoms with Crippen LogP contribution in [0.25, 0.3) is 0 Å². The fourth-order valence-electron chi connectivity index (χ4n) is 2.90. The van der Waals surface area contributed by atoms with E-state index in [-0.39, 0.29) is 18.1 Å². The van der Waals surface area contributed by atoms with Crippen molar-refractivity contribution in [3.63, 3.8) is 0 Å². The third-order valence-corrected chi connectivity index (χ3v) is 4.45. The Balaban J connectivity index is 2.04. The molecule has 0 bridgehead atoms. The van der Waals surface area contributed by atoms with Gasteiger partial charge in [0, 0.05) is 18.2 Å². The number of rotatable bonds is 7. The summed E-state index contributed by atoms with van der Waals surface area (Å²) >= 11 is 5.98. The highest BCUT2D eigenvalue weighted by atomic mass is 35.5. The van der Waals surface area contributed by atoms with Gasteiger partial charge < -0.3 is 10.1 Å². The van der Waals surface area contributed by atoms with Crippen molar-refractivity contribution in [3.8, 4) is 0 Å². The van der Waals surface area contributed by atoms with Gasteiger partial charge in [-0.2, -0.15) is 0 Å². The molecule has 1 aliphatic heterocycles. The molecule has 0 radical (unpaired) electrons. The van der Waals surface area contributed by atoms with Gasteiger partial charge >= 0.3 is 0 Å². The van der Waals surface area contributed by atoms with Crippen LogP contribution < -0.4 is 5.32 Å². The van der Waals surface area contributed by atoms with E-state index in [0.29, 0.717) is 13.2 Å². The molecule has 2 atom stereocenters. The summed E-state index contributed by atoms with van der Waals surface area (Å²) in [5.41, 5.74) is 1.17. The van der Waals surface area contributed by atoms with Crippen molar-refractivity contribution in [2.45, 2.75) is 38.8 Å². The Kier molecular flexibility index (Phi) is 6.68. The molecule has 0 aliphatic carbocycles. The van der Waals surface area contributed by atoms with Gasteiger partial charge in [0.2, 0.25) is 5.91 Å². The average molecular weight is 325 g/mol. The minimum Gasteiger partial charge on any atom is -0.368 e. The highest BCUT2D eigenvalue weighted by molar-refractivity contribution is 6.30. The highest BCUT2D eigenvalue weighted by Gasteiger charge is 2.25. The van der Waals surface area contributed by atoms with Crippen molar-refractivity contribution < 1.29 is 9.53 Å². The molecule has 4 nitrogen and oxygen atoms in total. The third kappa shape index (κ3) is 4.45. The Morgan fingerprint density at radius 2 is 2.05 bits per heavy atom. The van der Waals surface area contributed by atoms with E-state index in [1.165, 1.54) is 5.56 Å². The molecule has 0 saturated carbocycles. The number of benzene rings is 1. The molecule has 2 rings (SSSR count). The first kappa shape index (κ1) is 17.3. The molecule has 0 aromatic heterocycles. The molecule has 1 aromatic carbocycles. The quantitative estimate of drug-likeness (QED) is 0.838. The van der Waals surface area contributed by atoms with E-state index in [1.54, 1.807) is 0 Å². The molecular weight excluding hydrogens is 300 g/mol. The topological polar surface area (TPSA) is 41.6 Å². The second kappa shape index (κ2) is 8.51. The summed E-state index contributed by atoms with van der Waals surface area (Å²) in [6.45, 7) is 7.40. The maximum atomic E-state index is 12.2. The summed E-state index contributed by atoms with van der Waals surface area (Å²) < 4.78 is 5.44. The van der Waals surface area contributed by atoms with Crippen molar-refractivity contribution in [1.29, 1.82) is 0 Å². The van der Waals surface area contributed by atoms with Crippen LogP contribution in [0.3, 0.4) is 0 Å². The summed E-state index contributed by atoms with van der Waals surface area (Å²) in [6, 6.07) is 8.01. The summed E-state index contributed by atoms with van der Waals surface area (Å²) in [5.74, 6) is 0.00335. The van der Waals surface area contributed by atoms with Crippen LogP contribution in [0.5, 0.6) is 0 Å². The summed E-state index contributed by atoms with van der Waals surface area (Å²) in [5, 5.41) is 3.78. The number of halogens is 1. The van der Waals surface area contributed by atoms with E-state index in [1.807, 2.05) is 24.3 Å². The Labute approximate surface area is 137 Å². The molecule has 1 aliphatic rings. The Morgan fingerprint density at radius 1 is 1.36 bits per heavy atom. The van der Waals surface area contributed by atoms with Gasteiger partial charge in [-0.05, 0) is 43.6 Å². The van der Waals surface area contributed by atoms with Crippen LogP contribution in [0.2, 0.25) is 5.02 Å². The molecule has 1 N–H and O–H groups in total. The van der Waals surface area contributed by atoms with Crippen LogP contribution in [-0.2, 0) is 9.53 Å². The van der Waals surface area contributed by atoms with E-state index in [2.05, 4.69) is 24.1 Å². The molecule has 1 fully saturated rings. The van der Waals surface area contributed by atoms with E-state index < -0.39 is 0 Å². The summed E-state index contributed by atoms with van der Waals surface area (Å²) in [6.07, 6.45) is 1.51. The van der Waals surface area contributed by atoms with Crippen molar-refractivity contribution in [3.05, 3.63) is 34.9 Å². The van der Waals surface area contributed by atoms with Crippen LogP contribution >= 0.6 is 11.6 Å².